The Balaban J connectivity index is 2.32. The number of rotatable bonds is 4. The number of benzene rings is 1. The Hall–Kier alpha value is -1.67. The molecule has 1 N–H and O–H groups in total. The SMILES string of the molecule is CCCc1cccc(C(O)c2cc(C)nc(C)c2)c1. The number of aromatic nitrogens is 1. The number of aryl methyl sites for hydroxylation is 3. The van der Waals surface area contributed by atoms with E-state index in [4.69, 9.17) is 0 Å². The van der Waals surface area contributed by atoms with E-state index in [0.717, 1.165) is 35.4 Å². The second-order valence-electron chi connectivity index (χ2n) is 5.08. The van der Waals surface area contributed by atoms with Gasteiger partial charge in [-0.1, -0.05) is 37.6 Å². The molecule has 0 amide bonds. The minimum atomic E-state index is -0.572. The van der Waals surface area contributed by atoms with Gasteiger partial charge in [0.05, 0.1) is 0 Å². The van der Waals surface area contributed by atoms with E-state index in [2.05, 4.69) is 24.0 Å². The highest BCUT2D eigenvalue weighted by atomic mass is 16.3. The molecule has 1 aromatic heterocycles. The summed E-state index contributed by atoms with van der Waals surface area (Å²) in [6, 6.07) is 12.1. The average molecular weight is 255 g/mol. The van der Waals surface area contributed by atoms with E-state index in [1.54, 1.807) is 0 Å². The molecule has 1 atom stereocenters. The van der Waals surface area contributed by atoms with Gasteiger partial charge in [-0.15, -0.1) is 0 Å². The highest BCUT2D eigenvalue weighted by molar-refractivity contribution is 5.34. The lowest BCUT2D eigenvalue weighted by Crippen LogP contribution is -2.02. The Morgan fingerprint density at radius 1 is 1.05 bits per heavy atom. The molecule has 2 rings (SSSR count). The molecule has 1 unspecified atom stereocenters. The molecule has 0 radical (unpaired) electrons. The molecule has 0 aliphatic rings. The van der Waals surface area contributed by atoms with Crippen molar-refractivity contribution in [2.75, 3.05) is 0 Å². The van der Waals surface area contributed by atoms with Crippen molar-refractivity contribution < 1.29 is 5.11 Å². The van der Waals surface area contributed by atoms with Crippen molar-refractivity contribution in [3.05, 3.63) is 64.5 Å². The van der Waals surface area contributed by atoms with Gasteiger partial charge in [-0.2, -0.15) is 0 Å². The summed E-state index contributed by atoms with van der Waals surface area (Å²) < 4.78 is 0. The van der Waals surface area contributed by atoms with Crippen molar-refractivity contribution in [2.24, 2.45) is 0 Å². The molecule has 0 aliphatic carbocycles. The third-order valence-corrected chi connectivity index (χ3v) is 3.23. The van der Waals surface area contributed by atoms with Crippen LogP contribution >= 0.6 is 0 Å². The number of nitrogens with zero attached hydrogens (tertiary/aromatic N) is 1. The Morgan fingerprint density at radius 3 is 2.37 bits per heavy atom. The molecule has 1 heterocycles. The first-order valence-corrected chi connectivity index (χ1v) is 6.82. The van der Waals surface area contributed by atoms with E-state index < -0.39 is 6.10 Å². The molecule has 100 valence electrons. The molecular weight excluding hydrogens is 234 g/mol. The van der Waals surface area contributed by atoms with Gasteiger partial charge in [-0.05, 0) is 49.1 Å². The van der Waals surface area contributed by atoms with Gasteiger partial charge in [0, 0.05) is 11.4 Å². The van der Waals surface area contributed by atoms with Gasteiger partial charge < -0.3 is 5.11 Å². The molecule has 1 aromatic carbocycles. The maximum absolute atomic E-state index is 10.5. The van der Waals surface area contributed by atoms with Crippen molar-refractivity contribution in [2.45, 2.75) is 39.7 Å². The summed E-state index contributed by atoms with van der Waals surface area (Å²) in [4.78, 5) is 4.35. The standard InChI is InChI=1S/C17H21NO/c1-4-6-14-7-5-8-15(11-14)17(19)16-9-12(2)18-13(3)10-16/h5,7-11,17,19H,4,6H2,1-3H3. The molecule has 0 spiro atoms. The van der Waals surface area contributed by atoms with Gasteiger partial charge in [0.1, 0.15) is 6.10 Å². The van der Waals surface area contributed by atoms with Crippen molar-refractivity contribution in [3.8, 4) is 0 Å². The fourth-order valence-corrected chi connectivity index (χ4v) is 2.42. The number of hydrogen-bond donors (Lipinski definition) is 1. The van der Waals surface area contributed by atoms with Crippen LogP contribution in [0.2, 0.25) is 0 Å². The third-order valence-electron chi connectivity index (χ3n) is 3.23. The Morgan fingerprint density at radius 2 is 1.74 bits per heavy atom. The highest BCUT2D eigenvalue weighted by Gasteiger charge is 2.12. The maximum atomic E-state index is 10.5. The molecule has 0 bridgehead atoms. The second kappa shape index (κ2) is 5.98. The molecule has 0 aliphatic heterocycles. The van der Waals surface area contributed by atoms with Crippen LogP contribution in [0.25, 0.3) is 0 Å². The monoisotopic (exact) mass is 255 g/mol. The Kier molecular flexibility index (Phi) is 4.33. The minimum Gasteiger partial charge on any atom is -0.384 e. The summed E-state index contributed by atoms with van der Waals surface area (Å²) in [6.07, 6.45) is 1.60. The summed E-state index contributed by atoms with van der Waals surface area (Å²) in [6.45, 7) is 6.08. The lowest BCUT2D eigenvalue weighted by Gasteiger charge is -2.14. The van der Waals surface area contributed by atoms with Crippen LogP contribution in [0.5, 0.6) is 0 Å². The van der Waals surface area contributed by atoms with Crippen LogP contribution in [0.15, 0.2) is 36.4 Å². The molecular formula is C17H21NO. The zero-order valence-electron chi connectivity index (χ0n) is 11.9. The first-order valence-electron chi connectivity index (χ1n) is 6.82. The predicted molar refractivity (Wildman–Crippen MR) is 78.2 cm³/mol. The van der Waals surface area contributed by atoms with E-state index in [1.807, 2.05) is 38.1 Å². The van der Waals surface area contributed by atoms with Crippen molar-refractivity contribution in [1.82, 2.24) is 4.98 Å². The largest absolute Gasteiger partial charge is 0.384 e. The van der Waals surface area contributed by atoms with Crippen LogP contribution in [0.4, 0.5) is 0 Å². The lowest BCUT2D eigenvalue weighted by molar-refractivity contribution is 0.220. The summed E-state index contributed by atoms with van der Waals surface area (Å²) in [5.74, 6) is 0. The maximum Gasteiger partial charge on any atom is 0.104 e. The van der Waals surface area contributed by atoms with E-state index in [0.29, 0.717) is 0 Å². The van der Waals surface area contributed by atoms with E-state index >= 15 is 0 Å². The number of hydrogen-bond acceptors (Lipinski definition) is 2. The molecule has 2 aromatic rings. The van der Waals surface area contributed by atoms with Gasteiger partial charge in [0.2, 0.25) is 0 Å². The smallest absolute Gasteiger partial charge is 0.104 e. The van der Waals surface area contributed by atoms with Crippen LogP contribution in [-0.2, 0) is 6.42 Å². The normalized spacial score (nSPS) is 12.4. The van der Waals surface area contributed by atoms with Crippen molar-refractivity contribution in [1.29, 1.82) is 0 Å². The summed E-state index contributed by atoms with van der Waals surface area (Å²) in [7, 11) is 0. The fraction of sp³-hybridized carbons (Fsp3) is 0.353. The third kappa shape index (κ3) is 3.42. The quantitative estimate of drug-likeness (QED) is 0.903. The lowest BCUT2D eigenvalue weighted by atomic mass is 9.98. The summed E-state index contributed by atoms with van der Waals surface area (Å²) in [5, 5.41) is 10.5. The summed E-state index contributed by atoms with van der Waals surface area (Å²) >= 11 is 0. The Bertz CT molecular complexity index is 543. The molecule has 0 saturated carbocycles. The van der Waals surface area contributed by atoms with Crippen LogP contribution in [0.1, 0.15) is 47.5 Å². The van der Waals surface area contributed by atoms with Gasteiger partial charge >= 0.3 is 0 Å². The highest BCUT2D eigenvalue weighted by Crippen LogP contribution is 2.24. The van der Waals surface area contributed by atoms with Gasteiger partial charge in [0.25, 0.3) is 0 Å². The van der Waals surface area contributed by atoms with Crippen LogP contribution in [0.3, 0.4) is 0 Å². The van der Waals surface area contributed by atoms with Gasteiger partial charge in [-0.25, -0.2) is 0 Å². The van der Waals surface area contributed by atoms with E-state index in [1.165, 1.54) is 5.56 Å². The second-order valence-corrected chi connectivity index (χ2v) is 5.08. The fourth-order valence-electron chi connectivity index (χ4n) is 2.42. The van der Waals surface area contributed by atoms with Gasteiger partial charge in [0.15, 0.2) is 0 Å². The molecule has 2 nitrogen and oxygen atoms in total. The topological polar surface area (TPSA) is 33.1 Å². The number of aliphatic hydroxyl groups is 1. The Labute approximate surface area is 115 Å². The van der Waals surface area contributed by atoms with Crippen LogP contribution in [-0.4, -0.2) is 10.1 Å². The number of aliphatic hydroxyl groups excluding tert-OH is 1. The molecule has 19 heavy (non-hydrogen) atoms. The average Bonchev–Trinajstić information content (AvgIpc) is 2.37. The van der Waals surface area contributed by atoms with Crippen LogP contribution in [0, 0.1) is 13.8 Å². The first kappa shape index (κ1) is 13.8. The number of pyridine rings is 1. The first-order chi connectivity index (χ1) is 9.10. The van der Waals surface area contributed by atoms with E-state index in [9.17, 15) is 5.11 Å². The minimum absolute atomic E-state index is 0.572. The zero-order chi connectivity index (χ0) is 13.8. The predicted octanol–water partition coefficient (Wildman–Crippen LogP) is 3.73. The summed E-state index contributed by atoms with van der Waals surface area (Å²) in [5.41, 5.74) is 5.04. The molecule has 0 saturated heterocycles. The van der Waals surface area contributed by atoms with E-state index in [-0.39, 0.29) is 0 Å². The zero-order valence-corrected chi connectivity index (χ0v) is 11.9. The molecule has 2 heteroatoms. The molecule has 0 fully saturated rings. The van der Waals surface area contributed by atoms with Crippen molar-refractivity contribution in [3.63, 3.8) is 0 Å². The van der Waals surface area contributed by atoms with Crippen LogP contribution < -0.4 is 0 Å². The van der Waals surface area contributed by atoms with Gasteiger partial charge in [-0.3, -0.25) is 4.98 Å². The van der Waals surface area contributed by atoms with Crippen molar-refractivity contribution >= 4 is 0 Å².